The lowest BCUT2D eigenvalue weighted by molar-refractivity contribution is 0.265. The van der Waals surface area contributed by atoms with Gasteiger partial charge in [-0.3, -0.25) is 0 Å². The third kappa shape index (κ3) is 3.56. The maximum Gasteiger partial charge on any atom is 0.199 e. The first-order chi connectivity index (χ1) is 16.1. The Morgan fingerprint density at radius 2 is 1.03 bits per heavy atom. The summed E-state index contributed by atoms with van der Waals surface area (Å²) in [6.45, 7) is 5.24. The van der Waals surface area contributed by atoms with E-state index in [-0.39, 0.29) is 12.1 Å². The summed E-state index contributed by atoms with van der Waals surface area (Å²) in [5.74, 6) is 1.39. The number of aliphatic imine (C=N–C) groups is 2. The Labute approximate surface area is 193 Å². The standard InChI is InChI=1S/C29H26N2O2/c1-29(2,27-30-25(17-32-27)23-13-11-19-7-3-5-9-21(19)15-23)28-31-26(18-33-28)24-14-12-20-8-4-6-10-22(20)16-24/h3-16,25-26H,17-18H2,1-2H3/t25-,26-/m1/s1. The molecular weight excluding hydrogens is 408 g/mol. The molecule has 4 heteroatoms. The molecule has 2 aliphatic rings. The number of nitrogens with zero attached hydrogens (tertiary/aromatic N) is 2. The van der Waals surface area contributed by atoms with E-state index >= 15 is 0 Å². The molecule has 2 aliphatic heterocycles. The van der Waals surface area contributed by atoms with Crippen LogP contribution < -0.4 is 0 Å². The summed E-state index contributed by atoms with van der Waals surface area (Å²) in [6, 6.07) is 29.8. The monoisotopic (exact) mass is 434 g/mol. The van der Waals surface area contributed by atoms with E-state index in [4.69, 9.17) is 19.5 Å². The molecule has 4 aromatic rings. The minimum atomic E-state index is -0.517. The Bertz CT molecular complexity index is 1310. The van der Waals surface area contributed by atoms with Crippen LogP contribution in [0.15, 0.2) is 94.9 Å². The molecule has 0 aromatic heterocycles. The van der Waals surface area contributed by atoms with Gasteiger partial charge in [-0.1, -0.05) is 72.8 Å². The first-order valence-corrected chi connectivity index (χ1v) is 11.5. The Hall–Kier alpha value is -3.66. The highest BCUT2D eigenvalue weighted by Gasteiger charge is 2.41. The molecule has 0 unspecified atom stereocenters. The summed E-state index contributed by atoms with van der Waals surface area (Å²) in [7, 11) is 0. The molecule has 0 saturated carbocycles. The van der Waals surface area contributed by atoms with Crippen molar-refractivity contribution < 1.29 is 9.47 Å². The molecule has 0 bridgehead atoms. The van der Waals surface area contributed by atoms with Gasteiger partial charge in [0.2, 0.25) is 0 Å². The summed E-state index contributed by atoms with van der Waals surface area (Å²) < 4.78 is 12.2. The topological polar surface area (TPSA) is 43.2 Å². The minimum absolute atomic E-state index is 0.0119. The summed E-state index contributed by atoms with van der Waals surface area (Å²) in [6.07, 6.45) is 0. The van der Waals surface area contributed by atoms with Crippen molar-refractivity contribution in [2.24, 2.45) is 15.4 Å². The molecule has 6 rings (SSSR count). The summed E-state index contributed by atoms with van der Waals surface area (Å²) in [5.41, 5.74) is 1.82. The summed E-state index contributed by atoms with van der Waals surface area (Å²) in [4.78, 5) is 9.91. The lowest BCUT2D eigenvalue weighted by atomic mass is 9.92. The van der Waals surface area contributed by atoms with E-state index in [1.165, 1.54) is 32.7 Å². The third-order valence-electron chi connectivity index (χ3n) is 6.69. The number of ether oxygens (including phenoxy) is 2. The number of hydrogen-bond acceptors (Lipinski definition) is 4. The molecule has 0 amide bonds. The number of fused-ring (bicyclic) bond motifs is 2. The maximum atomic E-state index is 6.10. The Morgan fingerprint density at radius 1 is 0.606 bits per heavy atom. The molecule has 0 radical (unpaired) electrons. The normalized spacial score (nSPS) is 20.4. The van der Waals surface area contributed by atoms with E-state index in [9.17, 15) is 0 Å². The van der Waals surface area contributed by atoms with E-state index in [1.807, 2.05) is 0 Å². The highest BCUT2D eigenvalue weighted by Crippen LogP contribution is 2.36. The molecule has 4 aromatic carbocycles. The van der Waals surface area contributed by atoms with Crippen LogP contribution in [0.25, 0.3) is 21.5 Å². The van der Waals surface area contributed by atoms with Crippen LogP contribution in [0.5, 0.6) is 0 Å². The first-order valence-electron chi connectivity index (χ1n) is 11.5. The zero-order chi connectivity index (χ0) is 22.4. The molecule has 33 heavy (non-hydrogen) atoms. The molecule has 0 N–H and O–H groups in total. The average molecular weight is 435 g/mol. The Kier molecular flexibility index (Phi) is 4.68. The van der Waals surface area contributed by atoms with Crippen LogP contribution in [0.3, 0.4) is 0 Å². The molecule has 0 aliphatic carbocycles. The zero-order valence-corrected chi connectivity index (χ0v) is 18.9. The van der Waals surface area contributed by atoms with Gasteiger partial charge in [0, 0.05) is 0 Å². The van der Waals surface area contributed by atoms with Crippen LogP contribution in [0.4, 0.5) is 0 Å². The lowest BCUT2D eigenvalue weighted by Gasteiger charge is -2.22. The van der Waals surface area contributed by atoms with Gasteiger partial charge in [-0.05, 0) is 58.7 Å². The Balaban J connectivity index is 1.26. The highest BCUT2D eigenvalue weighted by atomic mass is 16.5. The lowest BCUT2D eigenvalue weighted by Crippen LogP contribution is -2.34. The summed E-state index contributed by atoms with van der Waals surface area (Å²) >= 11 is 0. The summed E-state index contributed by atoms with van der Waals surface area (Å²) in [5, 5.41) is 4.91. The van der Waals surface area contributed by atoms with Crippen molar-refractivity contribution in [2.45, 2.75) is 25.9 Å². The van der Waals surface area contributed by atoms with Crippen molar-refractivity contribution in [3.63, 3.8) is 0 Å². The number of hydrogen-bond donors (Lipinski definition) is 0. The van der Waals surface area contributed by atoms with Crippen LogP contribution in [0, 0.1) is 5.41 Å². The van der Waals surface area contributed by atoms with Gasteiger partial charge in [-0.25, -0.2) is 9.98 Å². The van der Waals surface area contributed by atoms with Crippen molar-refractivity contribution in [2.75, 3.05) is 13.2 Å². The van der Waals surface area contributed by atoms with E-state index in [0.717, 1.165) is 0 Å². The van der Waals surface area contributed by atoms with Gasteiger partial charge < -0.3 is 9.47 Å². The second-order valence-electron chi connectivity index (χ2n) is 9.36. The van der Waals surface area contributed by atoms with Gasteiger partial charge in [-0.2, -0.15) is 0 Å². The quantitative estimate of drug-likeness (QED) is 0.360. The predicted octanol–water partition coefficient (Wildman–Crippen LogP) is 6.66. The average Bonchev–Trinajstić information content (AvgIpc) is 3.55. The highest BCUT2D eigenvalue weighted by molar-refractivity contribution is 6.05. The van der Waals surface area contributed by atoms with E-state index in [0.29, 0.717) is 25.0 Å². The van der Waals surface area contributed by atoms with Crippen molar-refractivity contribution >= 4 is 33.3 Å². The van der Waals surface area contributed by atoms with Crippen LogP contribution in [0.1, 0.15) is 37.1 Å². The van der Waals surface area contributed by atoms with Crippen LogP contribution >= 0.6 is 0 Å². The zero-order valence-electron chi connectivity index (χ0n) is 18.9. The molecule has 0 fully saturated rings. The van der Waals surface area contributed by atoms with Crippen molar-refractivity contribution in [1.82, 2.24) is 0 Å². The van der Waals surface area contributed by atoms with Gasteiger partial charge in [0.15, 0.2) is 11.8 Å². The molecule has 2 heterocycles. The molecule has 0 saturated heterocycles. The molecule has 2 atom stereocenters. The van der Waals surface area contributed by atoms with Gasteiger partial charge in [-0.15, -0.1) is 0 Å². The van der Waals surface area contributed by atoms with Crippen LogP contribution in [-0.2, 0) is 9.47 Å². The fourth-order valence-electron chi connectivity index (χ4n) is 4.69. The first kappa shape index (κ1) is 20.0. The van der Waals surface area contributed by atoms with Gasteiger partial charge in [0.1, 0.15) is 30.7 Å². The predicted molar refractivity (Wildman–Crippen MR) is 134 cm³/mol. The van der Waals surface area contributed by atoms with E-state index in [2.05, 4.69) is 98.8 Å². The minimum Gasteiger partial charge on any atom is -0.478 e. The SMILES string of the molecule is CC(C)(C1=N[C@@H](c2ccc3ccccc3c2)CO1)C1=N[C@@H](c2ccc3ccccc3c2)CO1. The van der Waals surface area contributed by atoms with Crippen molar-refractivity contribution in [3.05, 3.63) is 96.1 Å². The van der Waals surface area contributed by atoms with Gasteiger partial charge >= 0.3 is 0 Å². The Morgan fingerprint density at radius 3 is 1.48 bits per heavy atom. The number of rotatable bonds is 4. The fourth-order valence-corrected chi connectivity index (χ4v) is 4.69. The molecule has 4 nitrogen and oxygen atoms in total. The number of benzene rings is 4. The van der Waals surface area contributed by atoms with Gasteiger partial charge in [0.05, 0.1) is 0 Å². The molecular formula is C29H26N2O2. The second kappa shape index (κ2) is 7.73. The molecule has 164 valence electrons. The third-order valence-corrected chi connectivity index (χ3v) is 6.69. The van der Waals surface area contributed by atoms with Gasteiger partial charge in [0.25, 0.3) is 0 Å². The fraction of sp³-hybridized carbons (Fsp3) is 0.241. The van der Waals surface area contributed by atoms with Crippen molar-refractivity contribution in [1.29, 1.82) is 0 Å². The van der Waals surface area contributed by atoms with Crippen molar-refractivity contribution in [3.8, 4) is 0 Å². The molecule has 0 spiro atoms. The largest absolute Gasteiger partial charge is 0.478 e. The van der Waals surface area contributed by atoms with Crippen LogP contribution in [0.2, 0.25) is 0 Å². The maximum absolute atomic E-state index is 6.10. The smallest absolute Gasteiger partial charge is 0.199 e. The van der Waals surface area contributed by atoms with E-state index < -0.39 is 5.41 Å². The van der Waals surface area contributed by atoms with E-state index in [1.54, 1.807) is 0 Å². The van der Waals surface area contributed by atoms with Crippen LogP contribution in [-0.4, -0.2) is 25.0 Å². The second-order valence-corrected chi connectivity index (χ2v) is 9.36.